The molecular weight excluding hydrogens is 265 g/mol. The second-order valence-electron chi connectivity index (χ2n) is 4.08. The lowest BCUT2D eigenvalue weighted by Crippen LogP contribution is -2.29. The molecule has 1 aromatic carbocycles. The van der Waals surface area contributed by atoms with Crippen LogP contribution in [0.2, 0.25) is 0 Å². The van der Waals surface area contributed by atoms with E-state index in [0.29, 0.717) is 5.56 Å². The maximum absolute atomic E-state index is 12.7. The predicted molar refractivity (Wildman–Crippen MR) is 68.6 cm³/mol. The third-order valence-corrected chi connectivity index (χ3v) is 2.62. The summed E-state index contributed by atoms with van der Waals surface area (Å²) in [5.41, 5.74) is 0.116. The average Bonchev–Trinajstić information content (AvgIpc) is 2.46. The van der Waals surface area contributed by atoms with Gasteiger partial charge in [-0.15, -0.1) is 0 Å². The number of halogens is 1. The summed E-state index contributed by atoms with van der Waals surface area (Å²) < 4.78 is 12.7. The molecule has 0 saturated carbocycles. The Morgan fingerprint density at radius 1 is 1.30 bits per heavy atom. The molecule has 0 saturated heterocycles. The first-order chi connectivity index (χ1) is 9.56. The summed E-state index contributed by atoms with van der Waals surface area (Å²) in [6.45, 7) is -0.0503. The molecule has 0 bridgehead atoms. The SMILES string of the molecule is O=C(NCC(O)c1ccc(F)cc1)c1ccc(=O)[nH]n1. The first-order valence-electron chi connectivity index (χ1n) is 5.84. The number of benzene rings is 1. The van der Waals surface area contributed by atoms with E-state index >= 15 is 0 Å². The Labute approximate surface area is 113 Å². The van der Waals surface area contributed by atoms with Gasteiger partial charge in [0.25, 0.3) is 11.5 Å². The van der Waals surface area contributed by atoms with Crippen LogP contribution in [-0.4, -0.2) is 27.8 Å². The maximum atomic E-state index is 12.7. The van der Waals surface area contributed by atoms with Gasteiger partial charge < -0.3 is 10.4 Å². The monoisotopic (exact) mass is 277 g/mol. The number of hydrogen-bond donors (Lipinski definition) is 3. The summed E-state index contributed by atoms with van der Waals surface area (Å²) in [5.74, 6) is -0.926. The molecule has 6 nitrogen and oxygen atoms in total. The van der Waals surface area contributed by atoms with Crippen LogP contribution in [0.15, 0.2) is 41.2 Å². The van der Waals surface area contributed by atoms with Crippen molar-refractivity contribution in [1.29, 1.82) is 0 Å². The molecular formula is C13H12FN3O3. The van der Waals surface area contributed by atoms with Gasteiger partial charge in [0.2, 0.25) is 0 Å². The van der Waals surface area contributed by atoms with Crippen molar-refractivity contribution in [2.75, 3.05) is 6.54 Å². The zero-order valence-electron chi connectivity index (χ0n) is 10.3. The van der Waals surface area contributed by atoms with Crippen LogP contribution in [-0.2, 0) is 0 Å². The quantitative estimate of drug-likeness (QED) is 0.752. The van der Waals surface area contributed by atoms with Gasteiger partial charge in [-0.1, -0.05) is 12.1 Å². The number of aromatic nitrogens is 2. The Hall–Kier alpha value is -2.54. The largest absolute Gasteiger partial charge is 0.387 e. The summed E-state index contributed by atoms with van der Waals surface area (Å²) in [5, 5.41) is 18.0. The standard InChI is InChI=1S/C13H12FN3O3/c14-9-3-1-8(2-4-9)11(18)7-15-13(20)10-5-6-12(19)17-16-10/h1-6,11,18H,7H2,(H,15,20)(H,17,19). The number of aromatic amines is 1. The van der Waals surface area contributed by atoms with E-state index in [2.05, 4.69) is 15.5 Å². The Morgan fingerprint density at radius 2 is 2.00 bits per heavy atom. The minimum absolute atomic E-state index is 0.0379. The number of carbonyl (C=O) groups is 1. The topological polar surface area (TPSA) is 95.1 Å². The van der Waals surface area contributed by atoms with Crippen molar-refractivity contribution in [3.05, 3.63) is 63.8 Å². The number of rotatable bonds is 4. The number of hydrogen-bond acceptors (Lipinski definition) is 4. The molecule has 0 aliphatic carbocycles. The third kappa shape index (κ3) is 3.48. The Kier molecular flexibility index (Phi) is 4.21. The molecule has 0 spiro atoms. The van der Waals surface area contributed by atoms with Gasteiger partial charge in [0.1, 0.15) is 11.5 Å². The molecule has 0 aliphatic rings. The van der Waals surface area contributed by atoms with E-state index in [1.807, 2.05) is 0 Å². The van der Waals surface area contributed by atoms with Gasteiger partial charge in [-0.2, -0.15) is 5.10 Å². The normalized spacial score (nSPS) is 11.9. The fourth-order valence-electron chi connectivity index (χ4n) is 1.55. The molecule has 1 unspecified atom stereocenters. The van der Waals surface area contributed by atoms with Crippen molar-refractivity contribution >= 4 is 5.91 Å². The number of aliphatic hydroxyl groups excluding tert-OH is 1. The van der Waals surface area contributed by atoms with E-state index in [-0.39, 0.29) is 12.2 Å². The van der Waals surface area contributed by atoms with Gasteiger partial charge in [-0.25, -0.2) is 9.49 Å². The lowest BCUT2D eigenvalue weighted by atomic mass is 10.1. The minimum atomic E-state index is -0.956. The molecule has 7 heteroatoms. The van der Waals surface area contributed by atoms with Crippen molar-refractivity contribution in [3.63, 3.8) is 0 Å². The van der Waals surface area contributed by atoms with Crippen LogP contribution in [0.1, 0.15) is 22.2 Å². The molecule has 20 heavy (non-hydrogen) atoms. The van der Waals surface area contributed by atoms with Crippen molar-refractivity contribution in [1.82, 2.24) is 15.5 Å². The van der Waals surface area contributed by atoms with Gasteiger partial charge in [-0.3, -0.25) is 9.59 Å². The van der Waals surface area contributed by atoms with E-state index in [0.717, 1.165) is 0 Å². The second-order valence-corrected chi connectivity index (χ2v) is 4.08. The van der Waals surface area contributed by atoms with Crippen LogP contribution in [0, 0.1) is 5.82 Å². The first-order valence-corrected chi connectivity index (χ1v) is 5.84. The summed E-state index contributed by atoms with van der Waals surface area (Å²) in [6, 6.07) is 7.78. The fourth-order valence-corrected chi connectivity index (χ4v) is 1.55. The molecule has 1 amide bonds. The summed E-state index contributed by atoms with van der Waals surface area (Å²) in [7, 11) is 0. The number of amides is 1. The highest BCUT2D eigenvalue weighted by Gasteiger charge is 2.11. The zero-order valence-corrected chi connectivity index (χ0v) is 10.3. The maximum Gasteiger partial charge on any atom is 0.271 e. The lowest BCUT2D eigenvalue weighted by molar-refractivity contribution is 0.0910. The molecule has 1 atom stereocenters. The molecule has 2 aromatic rings. The number of nitrogens with zero attached hydrogens (tertiary/aromatic N) is 1. The average molecular weight is 277 g/mol. The van der Waals surface area contributed by atoms with Crippen molar-refractivity contribution in [2.45, 2.75) is 6.10 Å². The van der Waals surface area contributed by atoms with Crippen LogP contribution >= 0.6 is 0 Å². The van der Waals surface area contributed by atoms with Gasteiger partial charge in [0.15, 0.2) is 0 Å². The van der Waals surface area contributed by atoms with Crippen molar-refractivity contribution in [2.24, 2.45) is 0 Å². The third-order valence-electron chi connectivity index (χ3n) is 2.62. The molecule has 2 rings (SSSR count). The van der Waals surface area contributed by atoms with Crippen LogP contribution in [0.25, 0.3) is 0 Å². The highest BCUT2D eigenvalue weighted by Crippen LogP contribution is 2.12. The van der Waals surface area contributed by atoms with Gasteiger partial charge in [0.05, 0.1) is 6.10 Å². The number of aliphatic hydroxyl groups is 1. The molecule has 104 valence electrons. The van der Waals surface area contributed by atoms with Gasteiger partial charge >= 0.3 is 0 Å². The number of H-pyrrole nitrogens is 1. The van der Waals surface area contributed by atoms with Crippen LogP contribution < -0.4 is 10.9 Å². The number of carbonyl (C=O) groups excluding carboxylic acids is 1. The second kappa shape index (κ2) is 6.07. The van der Waals surface area contributed by atoms with E-state index < -0.39 is 23.4 Å². The number of nitrogens with one attached hydrogen (secondary N) is 2. The van der Waals surface area contributed by atoms with Crippen LogP contribution in [0.5, 0.6) is 0 Å². The lowest BCUT2D eigenvalue weighted by Gasteiger charge is -2.11. The van der Waals surface area contributed by atoms with Gasteiger partial charge in [0, 0.05) is 12.6 Å². The Bertz CT molecular complexity index is 634. The Morgan fingerprint density at radius 3 is 2.60 bits per heavy atom. The summed E-state index contributed by atoms with van der Waals surface area (Å²) in [4.78, 5) is 22.5. The smallest absolute Gasteiger partial charge is 0.271 e. The summed E-state index contributed by atoms with van der Waals surface area (Å²) >= 11 is 0. The predicted octanol–water partition coefficient (Wildman–Crippen LogP) is 0.372. The van der Waals surface area contributed by atoms with E-state index in [1.54, 1.807) is 0 Å². The van der Waals surface area contributed by atoms with Gasteiger partial charge in [-0.05, 0) is 23.8 Å². The molecule has 0 fully saturated rings. The van der Waals surface area contributed by atoms with E-state index in [9.17, 15) is 19.1 Å². The van der Waals surface area contributed by atoms with Crippen molar-refractivity contribution in [3.8, 4) is 0 Å². The van der Waals surface area contributed by atoms with E-state index in [4.69, 9.17) is 0 Å². The summed E-state index contributed by atoms with van der Waals surface area (Å²) in [6.07, 6.45) is -0.956. The minimum Gasteiger partial charge on any atom is -0.387 e. The molecule has 0 aliphatic heterocycles. The molecule has 1 heterocycles. The highest BCUT2D eigenvalue weighted by molar-refractivity contribution is 5.91. The fraction of sp³-hybridized carbons (Fsp3) is 0.154. The van der Waals surface area contributed by atoms with E-state index in [1.165, 1.54) is 36.4 Å². The Balaban J connectivity index is 1.94. The zero-order chi connectivity index (χ0) is 14.5. The van der Waals surface area contributed by atoms with Crippen LogP contribution in [0.3, 0.4) is 0 Å². The molecule has 1 aromatic heterocycles. The van der Waals surface area contributed by atoms with Crippen LogP contribution in [0.4, 0.5) is 4.39 Å². The highest BCUT2D eigenvalue weighted by atomic mass is 19.1. The molecule has 0 radical (unpaired) electrons. The van der Waals surface area contributed by atoms with Crippen molar-refractivity contribution < 1.29 is 14.3 Å². The first kappa shape index (κ1) is 13.9. The molecule has 3 N–H and O–H groups in total.